The average Bonchev–Trinajstić information content (AvgIpc) is 2.68. The van der Waals surface area contributed by atoms with Crippen LogP contribution in [0.3, 0.4) is 0 Å². The molecule has 6 nitrogen and oxygen atoms in total. The minimum atomic E-state index is -1.34. The van der Waals surface area contributed by atoms with Crippen LogP contribution in [0.1, 0.15) is 36.8 Å². The highest BCUT2D eigenvalue weighted by Crippen LogP contribution is 2.34. The van der Waals surface area contributed by atoms with Gasteiger partial charge in [0, 0.05) is 36.8 Å². The van der Waals surface area contributed by atoms with Gasteiger partial charge in [-0.15, -0.1) is 0 Å². The lowest BCUT2D eigenvalue weighted by molar-refractivity contribution is -0.130. The van der Waals surface area contributed by atoms with Gasteiger partial charge in [-0.05, 0) is 42.0 Å². The number of carbonyl (C=O) groups is 2. The van der Waals surface area contributed by atoms with E-state index in [1.54, 1.807) is 13.0 Å². The van der Waals surface area contributed by atoms with Crippen LogP contribution >= 0.6 is 11.6 Å². The number of rotatable bonds is 4. The maximum atomic E-state index is 11.5. The van der Waals surface area contributed by atoms with Crippen molar-refractivity contribution in [1.82, 2.24) is 4.90 Å². The highest BCUT2D eigenvalue weighted by atomic mass is 35.5. The van der Waals surface area contributed by atoms with E-state index in [4.69, 9.17) is 27.9 Å². The standard InChI is InChI=1S/C21H22ClN3O3/c1-12(26)25-8-6-14(7-9-25)13-2-4-15(5-3-13)16-10-17(20(24)21(27)28)19(23)11-18(16)22/h2-5,10-11,14,24H,6-9,23H2,1H3,(H,27,28). The van der Waals surface area contributed by atoms with Crippen molar-refractivity contribution in [3.63, 3.8) is 0 Å². The van der Waals surface area contributed by atoms with Gasteiger partial charge < -0.3 is 15.7 Å². The van der Waals surface area contributed by atoms with E-state index in [1.165, 1.54) is 11.6 Å². The number of aliphatic carboxylic acids is 1. The minimum Gasteiger partial charge on any atom is -0.477 e. The Morgan fingerprint density at radius 3 is 2.32 bits per heavy atom. The van der Waals surface area contributed by atoms with Gasteiger partial charge >= 0.3 is 5.97 Å². The Bertz CT molecular complexity index is 933. The second kappa shape index (κ2) is 8.02. The van der Waals surface area contributed by atoms with Crippen LogP contribution in [0.5, 0.6) is 0 Å². The molecule has 0 atom stereocenters. The van der Waals surface area contributed by atoms with Crippen molar-refractivity contribution >= 4 is 34.9 Å². The molecule has 1 aliphatic heterocycles. The SMILES string of the molecule is CC(=O)N1CCC(c2ccc(-c3cc(C(=N)C(=O)O)c(N)cc3Cl)cc2)CC1. The lowest BCUT2D eigenvalue weighted by Gasteiger charge is -2.31. The maximum absolute atomic E-state index is 11.5. The number of halogens is 1. The second-order valence-electron chi connectivity index (χ2n) is 7.00. The summed E-state index contributed by atoms with van der Waals surface area (Å²) in [5.74, 6) is -0.816. The predicted octanol–water partition coefficient (Wildman–Crippen LogP) is 3.77. The summed E-state index contributed by atoms with van der Waals surface area (Å²) in [6.07, 6.45) is 1.86. The highest BCUT2D eigenvalue weighted by Gasteiger charge is 2.22. The van der Waals surface area contributed by atoms with E-state index in [2.05, 4.69) is 0 Å². The fraction of sp³-hybridized carbons (Fsp3) is 0.286. The molecule has 2 aromatic carbocycles. The Labute approximate surface area is 168 Å². The van der Waals surface area contributed by atoms with E-state index >= 15 is 0 Å². The molecule has 1 aliphatic rings. The Morgan fingerprint density at radius 2 is 1.79 bits per heavy atom. The van der Waals surface area contributed by atoms with E-state index in [9.17, 15) is 9.59 Å². The van der Waals surface area contributed by atoms with E-state index < -0.39 is 11.7 Å². The van der Waals surface area contributed by atoms with Crippen LogP contribution in [0, 0.1) is 5.41 Å². The number of nitrogens with one attached hydrogen (secondary N) is 1. The first kappa shape index (κ1) is 19.9. The van der Waals surface area contributed by atoms with Crippen LogP contribution < -0.4 is 5.73 Å². The van der Waals surface area contributed by atoms with Crippen LogP contribution in [0.15, 0.2) is 36.4 Å². The van der Waals surface area contributed by atoms with E-state index in [0.717, 1.165) is 31.5 Å². The van der Waals surface area contributed by atoms with Gasteiger partial charge in [-0.1, -0.05) is 35.9 Å². The van der Waals surface area contributed by atoms with Gasteiger partial charge in [-0.2, -0.15) is 0 Å². The summed E-state index contributed by atoms with van der Waals surface area (Å²) in [6, 6.07) is 11.0. The lowest BCUT2D eigenvalue weighted by Crippen LogP contribution is -2.36. The smallest absolute Gasteiger partial charge is 0.354 e. The number of nitrogen functional groups attached to an aromatic ring is 1. The molecule has 7 heteroatoms. The largest absolute Gasteiger partial charge is 0.477 e. The van der Waals surface area contributed by atoms with Crippen LogP contribution in [0.4, 0.5) is 5.69 Å². The summed E-state index contributed by atoms with van der Waals surface area (Å²) in [4.78, 5) is 24.5. The number of nitrogens with zero attached hydrogens (tertiary/aromatic N) is 1. The third-order valence-electron chi connectivity index (χ3n) is 5.26. The van der Waals surface area contributed by atoms with Gasteiger partial charge in [-0.25, -0.2) is 4.79 Å². The van der Waals surface area contributed by atoms with Gasteiger partial charge in [0.15, 0.2) is 0 Å². The Kier molecular flexibility index (Phi) is 5.70. The molecule has 0 saturated carbocycles. The number of likely N-dealkylation sites (tertiary alicyclic amines) is 1. The van der Waals surface area contributed by atoms with E-state index in [-0.39, 0.29) is 17.2 Å². The number of piperidine rings is 1. The Balaban J connectivity index is 1.84. The summed E-state index contributed by atoms with van der Waals surface area (Å²) in [7, 11) is 0. The van der Waals surface area contributed by atoms with Crippen molar-refractivity contribution in [3.8, 4) is 11.1 Å². The molecule has 28 heavy (non-hydrogen) atoms. The topological polar surface area (TPSA) is 107 Å². The molecule has 0 aliphatic carbocycles. The van der Waals surface area contributed by atoms with Crippen LogP contribution in [-0.4, -0.2) is 40.7 Å². The molecular weight excluding hydrogens is 378 g/mol. The number of benzene rings is 2. The summed E-state index contributed by atoms with van der Waals surface area (Å²) in [6.45, 7) is 3.14. The number of hydrogen-bond acceptors (Lipinski definition) is 4. The quantitative estimate of drug-likeness (QED) is 0.537. The fourth-order valence-electron chi connectivity index (χ4n) is 3.60. The minimum absolute atomic E-state index is 0.120. The highest BCUT2D eigenvalue weighted by molar-refractivity contribution is 6.43. The van der Waals surface area contributed by atoms with Crippen LogP contribution in [-0.2, 0) is 9.59 Å². The maximum Gasteiger partial charge on any atom is 0.354 e. The normalized spacial score (nSPS) is 14.7. The van der Waals surface area contributed by atoms with Crippen LogP contribution in [0.2, 0.25) is 5.02 Å². The molecule has 0 bridgehead atoms. The summed E-state index contributed by atoms with van der Waals surface area (Å²) < 4.78 is 0. The first-order chi connectivity index (χ1) is 13.3. The monoisotopic (exact) mass is 399 g/mol. The molecular formula is C21H22ClN3O3. The molecule has 3 rings (SSSR count). The van der Waals surface area contributed by atoms with Crippen molar-refractivity contribution in [2.45, 2.75) is 25.7 Å². The molecule has 0 spiro atoms. The fourth-order valence-corrected chi connectivity index (χ4v) is 3.89. The molecule has 1 fully saturated rings. The van der Waals surface area contributed by atoms with Crippen LogP contribution in [0.25, 0.3) is 11.1 Å². The summed E-state index contributed by atoms with van der Waals surface area (Å²) in [5.41, 5.74) is 8.25. The zero-order valence-electron chi connectivity index (χ0n) is 15.5. The summed E-state index contributed by atoms with van der Waals surface area (Å²) in [5, 5.41) is 17.2. The van der Waals surface area contributed by atoms with Gasteiger partial charge in [0.25, 0.3) is 0 Å². The van der Waals surface area contributed by atoms with Crippen molar-refractivity contribution in [1.29, 1.82) is 5.41 Å². The molecule has 4 N–H and O–H groups in total. The zero-order valence-corrected chi connectivity index (χ0v) is 16.3. The third kappa shape index (κ3) is 4.02. The first-order valence-corrected chi connectivity index (χ1v) is 9.42. The van der Waals surface area contributed by atoms with Crippen molar-refractivity contribution in [3.05, 3.63) is 52.5 Å². The first-order valence-electron chi connectivity index (χ1n) is 9.05. The summed E-state index contributed by atoms with van der Waals surface area (Å²) >= 11 is 6.32. The number of anilines is 1. The molecule has 0 unspecified atom stereocenters. The number of carbonyl (C=O) groups excluding carboxylic acids is 1. The third-order valence-corrected chi connectivity index (χ3v) is 5.57. The number of nitrogens with two attached hydrogens (primary N) is 1. The molecule has 1 amide bonds. The Morgan fingerprint density at radius 1 is 1.18 bits per heavy atom. The van der Waals surface area contributed by atoms with E-state index in [0.29, 0.717) is 16.5 Å². The number of hydrogen-bond donors (Lipinski definition) is 3. The van der Waals surface area contributed by atoms with Gasteiger partial charge in [0.1, 0.15) is 5.71 Å². The van der Waals surface area contributed by atoms with Crippen molar-refractivity contribution in [2.75, 3.05) is 18.8 Å². The van der Waals surface area contributed by atoms with Crippen molar-refractivity contribution < 1.29 is 14.7 Å². The van der Waals surface area contributed by atoms with Gasteiger partial charge in [0.05, 0.1) is 5.02 Å². The average molecular weight is 400 g/mol. The molecule has 2 aromatic rings. The zero-order chi connectivity index (χ0) is 20.4. The molecule has 1 saturated heterocycles. The van der Waals surface area contributed by atoms with Gasteiger partial charge in [-0.3, -0.25) is 10.2 Å². The molecule has 146 valence electrons. The Hall–Kier alpha value is -2.86. The predicted molar refractivity (Wildman–Crippen MR) is 110 cm³/mol. The van der Waals surface area contributed by atoms with Crippen molar-refractivity contribution in [2.24, 2.45) is 0 Å². The lowest BCUT2D eigenvalue weighted by atomic mass is 9.88. The second-order valence-corrected chi connectivity index (χ2v) is 7.41. The van der Waals surface area contributed by atoms with E-state index in [1.807, 2.05) is 29.2 Å². The molecule has 0 aromatic heterocycles. The number of amides is 1. The molecule has 1 heterocycles. The molecule has 0 radical (unpaired) electrons. The number of carboxylic acid groups (broad SMARTS) is 1. The van der Waals surface area contributed by atoms with Gasteiger partial charge in [0.2, 0.25) is 5.91 Å². The number of carboxylic acids is 1.